The van der Waals surface area contributed by atoms with Gasteiger partial charge < -0.3 is 5.11 Å². The highest BCUT2D eigenvalue weighted by Crippen LogP contribution is 2.69. The zero-order valence-electron chi connectivity index (χ0n) is 14.1. The minimum Gasteiger partial charge on any atom is -0.477 e. The van der Waals surface area contributed by atoms with E-state index in [1.54, 1.807) is 0 Å². The van der Waals surface area contributed by atoms with E-state index < -0.39 is 17.5 Å². The minimum atomic E-state index is -1.23. The first-order chi connectivity index (χ1) is 10.7. The smallest absolute Gasteiger partial charge is 0.370 e. The molecule has 0 bridgehead atoms. The van der Waals surface area contributed by atoms with Crippen LogP contribution in [0.3, 0.4) is 0 Å². The lowest BCUT2D eigenvalue weighted by Gasteiger charge is -2.03. The van der Waals surface area contributed by atoms with Crippen LogP contribution in [0, 0.1) is 0 Å². The van der Waals surface area contributed by atoms with Gasteiger partial charge in [-0.1, -0.05) is 84.0 Å². The number of epoxide rings is 2. The molecule has 0 saturated carbocycles. The summed E-state index contributed by atoms with van der Waals surface area (Å²) in [4.78, 5) is 10.8. The number of hydrogen-bond donors (Lipinski definition) is 1. The lowest BCUT2D eigenvalue weighted by Crippen LogP contribution is -2.13. The molecule has 4 heteroatoms. The zero-order chi connectivity index (χ0) is 15.9. The highest BCUT2D eigenvalue weighted by atomic mass is 17.1. The molecule has 2 aliphatic heterocycles. The van der Waals surface area contributed by atoms with Crippen LogP contribution in [0.1, 0.15) is 96.8 Å². The average molecular weight is 312 g/mol. The van der Waals surface area contributed by atoms with Crippen molar-refractivity contribution in [2.24, 2.45) is 0 Å². The zero-order valence-corrected chi connectivity index (χ0v) is 14.1. The molecule has 2 heterocycles. The average Bonchev–Trinajstić information content (AvgIpc) is 3.31. The number of carboxylic acids is 1. The van der Waals surface area contributed by atoms with E-state index in [1.807, 2.05) is 0 Å². The molecular formula is C18H32O4. The van der Waals surface area contributed by atoms with Gasteiger partial charge in [-0.3, -0.25) is 9.47 Å². The van der Waals surface area contributed by atoms with Crippen LogP contribution < -0.4 is 0 Å². The first-order valence-electron chi connectivity index (χ1n) is 9.30. The van der Waals surface area contributed by atoms with Crippen molar-refractivity contribution < 1.29 is 19.4 Å². The summed E-state index contributed by atoms with van der Waals surface area (Å²) in [5.74, 6) is -2.93. The summed E-state index contributed by atoms with van der Waals surface area (Å²) < 4.78 is 10.3. The van der Waals surface area contributed by atoms with E-state index in [-0.39, 0.29) is 0 Å². The van der Waals surface area contributed by atoms with Gasteiger partial charge in [-0.2, -0.15) is 0 Å². The first-order valence-corrected chi connectivity index (χ1v) is 9.30. The Balaban J connectivity index is 1.28. The number of rotatable bonds is 15. The molecule has 0 atom stereocenters. The van der Waals surface area contributed by atoms with Gasteiger partial charge in [-0.05, 0) is 6.42 Å². The number of hydrogen-bond acceptors (Lipinski definition) is 3. The molecule has 22 heavy (non-hydrogen) atoms. The maximum Gasteiger partial charge on any atom is 0.370 e. The second-order valence-electron chi connectivity index (χ2n) is 6.87. The maximum absolute atomic E-state index is 10.8. The van der Waals surface area contributed by atoms with E-state index in [0.717, 1.165) is 19.3 Å². The van der Waals surface area contributed by atoms with E-state index in [2.05, 4.69) is 6.92 Å². The second kappa shape index (κ2) is 8.30. The second-order valence-corrected chi connectivity index (χ2v) is 6.87. The number of aliphatic carboxylic acids is 1. The Morgan fingerprint density at radius 2 is 1.18 bits per heavy atom. The fourth-order valence-corrected chi connectivity index (χ4v) is 3.31. The van der Waals surface area contributed by atoms with Crippen LogP contribution in [-0.4, -0.2) is 22.7 Å². The lowest BCUT2D eigenvalue weighted by atomic mass is 10.0. The van der Waals surface area contributed by atoms with Crippen LogP contribution in [0.4, 0.5) is 0 Å². The van der Waals surface area contributed by atoms with Crippen molar-refractivity contribution in [1.82, 2.24) is 0 Å². The summed E-state index contributed by atoms with van der Waals surface area (Å²) in [7, 11) is 0. The summed E-state index contributed by atoms with van der Waals surface area (Å²) in [6.45, 7) is 2.26. The third-order valence-corrected chi connectivity index (χ3v) is 4.93. The van der Waals surface area contributed by atoms with Crippen molar-refractivity contribution in [2.75, 3.05) is 0 Å². The SMILES string of the molecule is CCCCCCCCCCCCCCCC12OC1(C(=O)O)O2. The Bertz CT molecular complexity index is 347. The molecule has 0 aromatic heterocycles. The fraction of sp³-hybridized carbons (Fsp3) is 0.944. The third-order valence-electron chi connectivity index (χ3n) is 4.93. The van der Waals surface area contributed by atoms with Crippen molar-refractivity contribution in [1.29, 1.82) is 0 Å². The number of fused-ring (bicyclic) bond motifs is 1. The van der Waals surface area contributed by atoms with Gasteiger partial charge in [0.25, 0.3) is 0 Å². The Morgan fingerprint density at radius 1 is 0.773 bits per heavy atom. The molecule has 0 unspecified atom stereocenters. The largest absolute Gasteiger partial charge is 0.477 e. The molecule has 2 saturated heterocycles. The van der Waals surface area contributed by atoms with E-state index >= 15 is 0 Å². The molecule has 1 N–H and O–H groups in total. The number of ether oxygens (including phenoxy) is 2. The van der Waals surface area contributed by atoms with Gasteiger partial charge in [0.2, 0.25) is 5.79 Å². The molecule has 0 spiro atoms. The molecule has 2 aliphatic rings. The number of unbranched alkanes of at least 4 members (excludes halogenated alkanes) is 12. The highest BCUT2D eigenvalue weighted by Gasteiger charge is 2.95. The van der Waals surface area contributed by atoms with E-state index in [1.165, 1.54) is 70.6 Å². The van der Waals surface area contributed by atoms with Gasteiger partial charge in [0.15, 0.2) is 0 Å². The Hall–Kier alpha value is -0.610. The fourth-order valence-electron chi connectivity index (χ4n) is 3.31. The molecule has 0 radical (unpaired) electrons. The number of carbonyl (C=O) groups is 1. The van der Waals surface area contributed by atoms with Crippen LogP contribution in [0.2, 0.25) is 0 Å². The summed E-state index contributed by atoms with van der Waals surface area (Å²) in [5, 5.41) is 8.87. The topological polar surface area (TPSA) is 62.4 Å². The lowest BCUT2D eigenvalue weighted by molar-refractivity contribution is -0.166. The van der Waals surface area contributed by atoms with E-state index in [4.69, 9.17) is 14.6 Å². The van der Waals surface area contributed by atoms with Crippen molar-refractivity contribution in [3.05, 3.63) is 0 Å². The normalized spacial score (nSPS) is 28.4. The molecule has 4 nitrogen and oxygen atoms in total. The molecule has 0 amide bonds. The summed E-state index contributed by atoms with van der Waals surface area (Å²) in [5.41, 5.74) is 0. The van der Waals surface area contributed by atoms with Crippen LogP contribution >= 0.6 is 0 Å². The monoisotopic (exact) mass is 312 g/mol. The Morgan fingerprint density at radius 3 is 1.55 bits per heavy atom. The van der Waals surface area contributed by atoms with Crippen LogP contribution in [-0.2, 0) is 14.3 Å². The molecule has 128 valence electrons. The predicted molar refractivity (Wildman–Crippen MR) is 85.6 cm³/mol. The molecule has 0 aromatic rings. The van der Waals surface area contributed by atoms with Gasteiger partial charge in [-0.15, -0.1) is 0 Å². The first kappa shape index (κ1) is 17.7. The minimum absolute atomic E-state index is 0.726. The van der Waals surface area contributed by atoms with Gasteiger partial charge in [-0.25, -0.2) is 4.79 Å². The molecule has 0 aromatic carbocycles. The quantitative estimate of drug-likeness (QED) is 0.341. The molecule has 2 fully saturated rings. The van der Waals surface area contributed by atoms with Gasteiger partial charge in [0.1, 0.15) is 0 Å². The standard InChI is InChI=1S/C18H32O4/c1-2-3-4-5-6-7-8-9-10-11-12-13-14-15-17-18(21-17,22-17)16(19)20/h2-15H2,1H3,(H,19,20). The van der Waals surface area contributed by atoms with Gasteiger partial charge >= 0.3 is 11.8 Å². The number of carboxylic acid groups (broad SMARTS) is 1. The van der Waals surface area contributed by atoms with Crippen LogP contribution in [0.5, 0.6) is 0 Å². The Kier molecular flexibility index (Phi) is 6.69. The van der Waals surface area contributed by atoms with E-state index in [0.29, 0.717) is 0 Å². The summed E-state index contributed by atoms with van der Waals surface area (Å²) in [6.07, 6.45) is 17.9. The highest BCUT2D eigenvalue weighted by molar-refractivity contribution is 5.84. The predicted octanol–water partition coefficient (Wildman–Crippen LogP) is 5.01. The van der Waals surface area contributed by atoms with Gasteiger partial charge in [0, 0.05) is 6.42 Å². The van der Waals surface area contributed by atoms with Crippen molar-refractivity contribution in [3.8, 4) is 0 Å². The molecule has 2 rings (SSSR count). The summed E-state index contributed by atoms with van der Waals surface area (Å²) in [6, 6.07) is 0. The molecule has 0 aliphatic carbocycles. The van der Waals surface area contributed by atoms with Crippen LogP contribution in [0.15, 0.2) is 0 Å². The van der Waals surface area contributed by atoms with Crippen molar-refractivity contribution >= 4 is 5.97 Å². The Labute approximate surface area is 134 Å². The van der Waals surface area contributed by atoms with Crippen LogP contribution in [0.25, 0.3) is 0 Å². The molecular weight excluding hydrogens is 280 g/mol. The maximum atomic E-state index is 10.8. The van der Waals surface area contributed by atoms with E-state index in [9.17, 15) is 4.79 Å². The van der Waals surface area contributed by atoms with Crippen molar-refractivity contribution in [2.45, 2.75) is 108 Å². The third kappa shape index (κ3) is 4.45. The summed E-state index contributed by atoms with van der Waals surface area (Å²) >= 11 is 0. The van der Waals surface area contributed by atoms with Gasteiger partial charge in [0.05, 0.1) is 0 Å². The van der Waals surface area contributed by atoms with Crippen molar-refractivity contribution in [3.63, 3.8) is 0 Å².